The first-order valence-corrected chi connectivity index (χ1v) is 9.64. The first kappa shape index (κ1) is 20.9. The van der Waals surface area contributed by atoms with Crippen molar-refractivity contribution in [2.45, 2.75) is 13.5 Å². The van der Waals surface area contributed by atoms with Crippen molar-refractivity contribution in [1.29, 1.82) is 0 Å². The molecule has 1 amide bonds. The lowest BCUT2D eigenvalue weighted by molar-refractivity contribution is -0.384. The average molecular weight is 427 g/mol. The second-order valence-electron chi connectivity index (χ2n) is 6.10. The van der Waals surface area contributed by atoms with E-state index in [0.717, 1.165) is 10.7 Å². The van der Waals surface area contributed by atoms with Gasteiger partial charge in [0.05, 0.1) is 21.2 Å². The molecule has 0 radical (unpaired) electrons. The minimum absolute atomic E-state index is 0.0913. The number of benzene rings is 2. The van der Waals surface area contributed by atoms with Gasteiger partial charge in [0.25, 0.3) is 11.6 Å². The number of esters is 1. The first-order valence-electron chi connectivity index (χ1n) is 8.76. The van der Waals surface area contributed by atoms with Crippen LogP contribution in [0.3, 0.4) is 0 Å². The third-order valence-electron chi connectivity index (χ3n) is 3.82. The van der Waals surface area contributed by atoms with Crippen LogP contribution < -0.4 is 10.1 Å². The lowest BCUT2D eigenvalue weighted by atomic mass is 10.2. The van der Waals surface area contributed by atoms with Crippen LogP contribution in [0.4, 0.5) is 11.4 Å². The van der Waals surface area contributed by atoms with Crippen LogP contribution in [0.25, 0.3) is 0 Å². The molecular formula is C20H17N3O6S. The topological polar surface area (TPSA) is 121 Å². The van der Waals surface area contributed by atoms with Crippen LogP contribution in [0, 0.1) is 17.0 Å². The molecule has 9 nitrogen and oxygen atoms in total. The van der Waals surface area contributed by atoms with Gasteiger partial charge in [0, 0.05) is 23.2 Å². The van der Waals surface area contributed by atoms with Crippen LogP contribution in [0.1, 0.15) is 21.1 Å². The summed E-state index contributed by atoms with van der Waals surface area (Å²) < 4.78 is 10.7. The van der Waals surface area contributed by atoms with Gasteiger partial charge >= 0.3 is 5.97 Å². The number of aromatic nitrogens is 1. The smallest absolute Gasteiger partial charge is 0.338 e. The number of non-ortho nitro benzene ring substituents is 1. The van der Waals surface area contributed by atoms with Crippen LogP contribution in [0.2, 0.25) is 0 Å². The fourth-order valence-corrected chi connectivity index (χ4v) is 3.02. The molecule has 0 unspecified atom stereocenters. The van der Waals surface area contributed by atoms with Crippen molar-refractivity contribution in [2.75, 3.05) is 11.9 Å². The minimum atomic E-state index is -0.677. The van der Waals surface area contributed by atoms with E-state index in [1.165, 1.54) is 41.7 Å². The van der Waals surface area contributed by atoms with Gasteiger partial charge in [-0.15, -0.1) is 11.3 Å². The Labute approximate surface area is 175 Å². The number of nitrogens with zero attached hydrogens (tertiary/aromatic N) is 2. The molecule has 3 aromatic rings. The molecule has 2 aromatic carbocycles. The Kier molecular flexibility index (Phi) is 6.71. The predicted molar refractivity (Wildman–Crippen MR) is 110 cm³/mol. The normalized spacial score (nSPS) is 10.3. The highest BCUT2D eigenvalue weighted by Gasteiger charge is 2.12. The van der Waals surface area contributed by atoms with Crippen LogP contribution in [-0.2, 0) is 16.1 Å². The Morgan fingerprint density at radius 2 is 1.97 bits per heavy atom. The number of carbonyl (C=O) groups excluding carboxylic acids is 2. The predicted octanol–water partition coefficient (Wildman–Crippen LogP) is 3.73. The van der Waals surface area contributed by atoms with Crippen molar-refractivity contribution in [2.24, 2.45) is 0 Å². The first-order chi connectivity index (χ1) is 14.4. The number of hydrogen-bond donors (Lipinski definition) is 1. The lowest BCUT2D eigenvalue weighted by Gasteiger charge is -2.08. The van der Waals surface area contributed by atoms with E-state index in [1.807, 2.05) is 12.3 Å². The number of rotatable bonds is 8. The van der Waals surface area contributed by atoms with Gasteiger partial charge in [-0.1, -0.05) is 6.07 Å². The fraction of sp³-hybridized carbons (Fsp3) is 0.150. The zero-order valence-electron chi connectivity index (χ0n) is 15.9. The summed E-state index contributed by atoms with van der Waals surface area (Å²) in [4.78, 5) is 38.5. The molecule has 154 valence electrons. The maximum Gasteiger partial charge on any atom is 0.338 e. The molecule has 1 N–H and O–H groups in total. The summed E-state index contributed by atoms with van der Waals surface area (Å²) in [6.45, 7) is 1.68. The molecule has 1 aromatic heterocycles. The summed E-state index contributed by atoms with van der Waals surface area (Å²) in [5, 5.41) is 16.0. The Hall–Kier alpha value is -3.79. The summed E-state index contributed by atoms with van der Waals surface area (Å²) in [6, 6.07) is 11.7. The summed E-state index contributed by atoms with van der Waals surface area (Å²) in [6.07, 6.45) is 0. The Morgan fingerprint density at radius 1 is 1.20 bits per heavy atom. The molecule has 10 heteroatoms. The van der Waals surface area contributed by atoms with Gasteiger partial charge < -0.3 is 14.8 Å². The maximum atomic E-state index is 12.2. The zero-order valence-corrected chi connectivity index (χ0v) is 16.7. The van der Waals surface area contributed by atoms with E-state index in [0.29, 0.717) is 11.4 Å². The SMILES string of the molecule is Cc1nc(COc2cccc(C(=O)OCC(=O)Nc3ccc([N+](=O)[O-])cc3)c2)cs1. The Balaban J connectivity index is 1.50. The highest BCUT2D eigenvalue weighted by atomic mass is 32.1. The van der Waals surface area contributed by atoms with Crippen LogP contribution in [-0.4, -0.2) is 28.4 Å². The molecule has 0 saturated heterocycles. The molecule has 0 saturated carbocycles. The van der Waals surface area contributed by atoms with Crippen molar-refractivity contribution in [1.82, 2.24) is 4.98 Å². The zero-order chi connectivity index (χ0) is 21.5. The molecule has 3 rings (SSSR count). The monoisotopic (exact) mass is 427 g/mol. The Morgan fingerprint density at radius 3 is 2.63 bits per heavy atom. The molecule has 0 bridgehead atoms. The number of amides is 1. The summed E-state index contributed by atoms with van der Waals surface area (Å²) in [5.74, 6) is -0.766. The van der Waals surface area contributed by atoms with E-state index >= 15 is 0 Å². The number of nitrogens with one attached hydrogen (secondary N) is 1. The number of nitro groups is 1. The minimum Gasteiger partial charge on any atom is -0.487 e. The van der Waals surface area contributed by atoms with Gasteiger partial charge in [0.1, 0.15) is 12.4 Å². The van der Waals surface area contributed by atoms with E-state index in [-0.39, 0.29) is 17.9 Å². The standard InChI is InChI=1S/C20H17N3O6S/c1-13-21-16(12-30-13)10-28-18-4-2-3-14(9-18)20(25)29-11-19(24)22-15-5-7-17(8-6-15)23(26)27/h2-9,12H,10-11H2,1H3,(H,22,24). The van der Waals surface area contributed by atoms with Gasteiger partial charge in [-0.3, -0.25) is 14.9 Å². The molecule has 0 aliphatic rings. The third kappa shape index (κ3) is 5.85. The van der Waals surface area contributed by atoms with E-state index in [9.17, 15) is 19.7 Å². The second-order valence-corrected chi connectivity index (χ2v) is 7.16. The van der Waals surface area contributed by atoms with Crippen LogP contribution in [0.5, 0.6) is 5.75 Å². The van der Waals surface area contributed by atoms with Gasteiger partial charge in [-0.25, -0.2) is 9.78 Å². The van der Waals surface area contributed by atoms with Crippen molar-refractivity contribution in [3.63, 3.8) is 0 Å². The number of ether oxygens (including phenoxy) is 2. The highest BCUT2D eigenvalue weighted by molar-refractivity contribution is 7.09. The number of thiazole rings is 1. The fourth-order valence-electron chi connectivity index (χ4n) is 2.42. The molecule has 0 atom stereocenters. The van der Waals surface area contributed by atoms with E-state index in [1.54, 1.807) is 18.2 Å². The number of aryl methyl sites for hydroxylation is 1. The number of anilines is 1. The maximum absolute atomic E-state index is 12.2. The molecule has 30 heavy (non-hydrogen) atoms. The Bertz CT molecular complexity index is 1060. The van der Waals surface area contributed by atoms with Crippen molar-refractivity contribution in [3.05, 3.63) is 80.3 Å². The van der Waals surface area contributed by atoms with Crippen molar-refractivity contribution >= 4 is 34.6 Å². The molecule has 0 fully saturated rings. The second kappa shape index (κ2) is 9.61. The van der Waals surface area contributed by atoms with Crippen molar-refractivity contribution < 1.29 is 24.0 Å². The number of hydrogen-bond acceptors (Lipinski definition) is 8. The number of nitro benzene ring substituents is 1. The van der Waals surface area contributed by atoms with Crippen molar-refractivity contribution in [3.8, 4) is 5.75 Å². The van der Waals surface area contributed by atoms with E-state index in [2.05, 4.69) is 10.3 Å². The lowest BCUT2D eigenvalue weighted by Crippen LogP contribution is -2.20. The van der Waals surface area contributed by atoms with Gasteiger partial charge in [0.2, 0.25) is 0 Å². The van der Waals surface area contributed by atoms with Crippen LogP contribution in [0.15, 0.2) is 53.9 Å². The van der Waals surface area contributed by atoms with E-state index in [4.69, 9.17) is 9.47 Å². The summed E-state index contributed by atoms with van der Waals surface area (Å²) >= 11 is 1.53. The quantitative estimate of drug-likeness (QED) is 0.330. The van der Waals surface area contributed by atoms with Gasteiger partial charge in [-0.2, -0.15) is 0 Å². The largest absolute Gasteiger partial charge is 0.487 e. The summed E-state index contributed by atoms with van der Waals surface area (Å²) in [7, 11) is 0. The summed E-state index contributed by atoms with van der Waals surface area (Å²) in [5.41, 5.74) is 1.30. The molecular weight excluding hydrogens is 410 g/mol. The average Bonchev–Trinajstić information content (AvgIpc) is 3.16. The van der Waals surface area contributed by atoms with Gasteiger partial charge in [0.15, 0.2) is 6.61 Å². The van der Waals surface area contributed by atoms with Crippen LogP contribution >= 0.6 is 11.3 Å². The van der Waals surface area contributed by atoms with E-state index < -0.39 is 23.4 Å². The highest BCUT2D eigenvalue weighted by Crippen LogP contribution is 2.18. The number of carbonyl (C=O) groups is 2. The molecule has 0 spiro atoms. The molecule has 0 aliphatic heterocycles. The third-order valence-corrected chi connectivity index (χ3v) is 4.64. The molecule has 0 aliphatic carbocycles. The van der Waals surface area contributed by atoms with Gasteiger partial charge in [-0.05, 0) is 37.3 Å². The molecule has 1 heterocycles.